The topological polar surface area (TPSA) is 56.8 Å². The molecule has 1 heterocycles. The number of amides is 1. The number of ether oxygens (including phenoxy) is 3. The zero-order valence-corrected chi connectivity index (χ0v) is 16.3. The molecule has 1 aliphatic heterocycles. The molecule has 0 saturated carbocycles. The molecule has 5 nitrogen and oxygen atoms in total. The van der Waals surface area contributed by atoms with Gasteiger partial charge in [0.15, 0.2) is 0 Å². The molecule has 0 aromatic heterocycles. The van der Waals surface area contributed by atoms with Gasteiger partial charge in [-0.1, -0.05) is 12.1 Å². The molecule has 1 saturated heterocycles. The van der Waals surface area contributed by atoms with Gasteiger partial charge < -0.3 is 19.5 Å². The van der Waals surface area contributed by atoms with Crippen molar-refractivity contribution in [3.8, 4) is 11.5 Å². The Balaban J connectivity index is 1.68. The number of nitrogens with one attached hydrogen (secondary N) is 1. The van der Waals surface area contributed by atoms with Crippen LogP contribution in [0.25, 0.3) is 0 Å². The lowest BCUT2D eigenvalue weighted by molar-refractivity contribution is 0.0682. The fraction of sp³-hybridized carbons (Fsp3) is 0.350. The first-order chi connectivity index (χ1) is 12.7. The van der Waals surface area contributed by atoms with Gasteiger partial charge in [-0.05, 0) is 66.0 Å². The summed E-state index contributed by atoms with van der Waals surface area (Å²) in [6.07, 6.45) is 2.20. The first kappa shape index (κ1) is 18.7. The highest BCUT2D eigenvalue weighted by molar-refractivity contribution is 9.10. The summed E-state index contributed by atoms with van der Waals surface area (Å²) in [5.41, 5.74) is 1.18. The Bertz CT molecular complexity index is 759. The van der Waals surface area contributed by atoms with Gasteiger partial charge in [-0.3, -0.25) is 4.79 Å². The van der Waals surface area contributed by atoms with E-state index in [2.05, 4.69) is 21.2 Å². The molecule has 2 aromatic rings. The van der Waals surface area contributed by atoms with Gasteiger partial charge in [-0.15, -0.1) is 0 Å². The van der Waals surface area contributed by atoms with E-state index in [1.807, 2.05) is 31.2 Å². The molecule has 3 rings (SSSR count). The Hall–Kier alpha value is -2.05. The summed E-state index contributed by atoms with van der Waals surface area (Å²) in [6.45, 7) is 3.76. The van der Waals surface area contributed by atoms with Gasteiger partial charge in [-0.2, -0.15) is 0 Å². The summed E-state index contributed by atoms with van der Waals surface area (Å²) in [7, 11) is 0. The second-order valence-electron chi connectivity index (χ2n) is 5.97. The number of hydrogen-bond donors (Lipinski definition) is 1. The average Bonchev–Trinajstić information content (AvgIpc) is 3.16. The van der Waals surface area contributed by atoms with Crippen molar-refractivity contribution in [1.29, 1.82) is 0 Å². The molecular weight excluding hydrogens is 398 g/mol. The van der Waals surface area contributed by atoms with E-state index in [0.29, 0.717) is 36.0 Å². The van der Waals surface area contributed by atoms with Crippen LogP contribution in [0.3, 0.4) is 0 Å². The van der Waals surface area contributed by atoms with Gasteiger partial charge in [0.25, 0.3) is 5.91 Å². The van der Waals surface area contributed by atoms with E-state index in [0.717, 1.165) is 23.9 Å². The van der Waals surface area contributed by atoms with E-state index in [4.69, 9.17) is 14.2 Å². The molecule has 1 fully saturated rings. The molecule has 1 N–H and O–H groups in total. The lowest BCUT2D eigenvalue weighted by Gasteiger charge is -2.15. The van der Waals surface area contributed by atoms with E-state index in [-0.39, 0.29) is 12.0 Å². The zero-order valence-electron chi connectivity index (χ0n) is 14.7. The number of carbonyl (C=O) groups excluding carboxylic acids is 1. The summed E-state index contributed by atoms with van der Waals surface area (Å²) < 4.78 is 17.7. The van der Waals surface area contributed by atoms with Gasteiger partial charge in [-0.25, -0.2) is 0 Å². The molecular formula is C20H22BrNO4. The Morgan fingerprint density at radius 3 is 2.81 bits per heavy atom. The first-order valence-corrected chi connectivity index (χ1v) is 9.54. The lowest BCUT2D eigenvalue weighted by Crippen LogP contribution is -2.18. The van der Waals surface area contributed by atoms with Crippen molar-refractivity contribution in [3.05, 3.63) is 52.5 Å². The first-order valence-electron chi connectivity index (χ1n) is 8.74. The maximum absolute atomic E-state index is 12.6. The third-order valence-corrected chi connectivity index (χ3v) is 4.70. The molecule has 0 aliphatic carbocycles. The van der Waals surface area contributed by atoms with Crippen LogP contribution in [-0.2, 0) is 4.74 Å². The number of para-hydroxylation sites is 2. The van der Waals surface area contributed by atoms with Crippen molar-refractivity contribution in [2.45, 2.75) is 25.9 Å². The minimum atomic E-state index is -0.207. The molecule has 0 bridgehead atoms. The van der Waals surface area contributed by atoms with E-state index in [9.17, 15) is 4.79 Å². The molecule has 138 valence electrons. The smallest absolute Gasteiger partial charge is 0.255 e. The zero-order chi connectivity index (χ0) is 18.4. The van der Waals surface area contributed by atoms with Crippen molar-refractivity contribution in [1.82, 2.24) is 0 Å². The summed E-state index contributed by atoms with van der Waals surface area (Å²) >= 11 is 3.44. The van der Waals surface area contributed by atoms with Crippen molar-refractivity contribution in [2.24, 2.45) is 0 Å². The van der Waals surface area contributed by atoms with Crippen LogP contribution in [-0.4, -0.2) is 31.8 Å². The van der Waals surface area contributed by atoms with Gasteiger partial charge in [0, 0.05) is 12.2 Å². The van der Waals surface area contributed by atoms with Crippen molar-refractivity contribution in [3.63, 3.8) is 0 Å². The highest BCUT2D eigenvalue weighted by Gasteiger charge is 2.17. The molecule has 0 spiro atoms. The summed E-state index contributed by atoms with van der Waals surface area (Å²) in [5.74, 6) is 1.15. The number of halogens is 1. The number of anilines is 1. The van der Waals surface area contributed by atoms with E-state index in [1.165, 1.54) is 0 Å². The van der Waals surface area contributed by atoms with Crippen LogP contribution in [0.1, 0.15) is 30.1 Å². The third kappa shape index (κ3) is 4.77. The minimum absolute atomic E-state index is 0.126. The fourth-order valence-electron chi connectivity index (χ4n) is 2.76. The molecule has 1 unspecified atom stereocenters. The van der Waals surface area contributed by atoms with E-state index >= 15 is 0 Å². The highest BCUT2D eigenvalue weighted by Crippen LogP contribution is 2.28. The van der Waals surface area contributed by atoms with Gasteiger partial charge >= 0.3 is 0 Å². The van der Waals surface area contributed by atoms with Gasteiger partial charge in [0.05, 0.1) is 22.9 Å². The predicted molar refractivity (Wildman–Crippen MR) is 104 cm³/mol. The highest BCUT2D eigenvalue weighted by atomic mass is 79.9. The average molecular weight is 420 g/mol. The molecule has 1 atom stereocenters. The fourth-order valence-corrected chi connectivity index (χ4v) is 3.26. The second kappa shape index (κ2) is 9.05. The lowest BCUT2D eigenvalue weighted by atomic mass is 10.2. The maximum atomic E-state index is 12.6. The summed E-state index contributed by atoms with van der Waals surface area (Å²) in [4.78, 5) is 12.6. The van der Waals surface area contributed by atoms with Crippen LogP contribution in [0.2, 0.25) is 0 Å². The van der Waals surface area contributed by atoms with Crippen LogP contribution in [0.4, 0.5) is 5.69 Å². The monoisotopic (exact) mass is 419 g/mol. The van der Waals surface area contributed by atoms with E-state index < -0.39 is 0 Å². The summed E-state index contributed by atoms with van der Waals surface area (Å²) in [6, 6.07) is 12.7. The number of hydrogen-bond acceptors (Lipinski definition) is 4. The van der Waals surface area contributed by atoms with E-state index in [1.54, 1.807) is 18.2 Å². The molecule has 1 amide bonds. The van der Waals surface area contributed by atoms with Crippen molar-refractivity contribution in [2.75, 3.05) is 25.1 Å². The molecule has 2 aromatic carbocycles. The molecule has 0 radical (unpaired) electrons. The number of rotatable bonds is 7. The van der Waals surface area contributed by atoms with Crippen LogP contribution >= 0.6 is 15.9 Å². The number of carbonyl (C=O) groups is 1. The molecule has 1 aliphatic rings. The SMILES string of the molecule is CCOc1ccc(C(=O)Nc2ccccc2OCC2CCCO2)cc1Br. The van der Waals surface area contributed by atoms with Crippen molar-refractivity contribution >= 4 is 27.5 Å². The normalized spacial score (nSPS) is 16.3. The van der Waals surface area contributed by atoms with Crippen LogP contribution in [0, 0.1) is 0 Å². The summed E-state index contributed by atoms with van der Waals surface area (Å²) in [5, 5.41) is 2.91. The van der Waals surface area contributed by atoms with Crippen LogP contribution in [0.5, 0.6) is 11.5 Å². The predicted octanol–water partition coefficient (Wildman–Crippen LogP) is 4.66. The standard InChI is InChI=1S/C20H22BrNO4/c1-2-24-18-10-9-14(12-16(18)21)20(23)22-17-7-3-4-8-19(17)26-13-15-6-5-11-25-15/h3-4,7-10,12,15H,2,5-6,11,13H2,1H3,(H,22,23). The number of benzene rings is 2. The minimum Gasteiger partial charge on any atom is -0.493 e. The third-order valence-electron chi connectivity index (χ3n) is 4.08. The second-order valence-corrected chi connectivity index (χ2v) is 6.83. The quantitative estimate of drug-likeness (QED) is 0.708. The van der Waals surface area contributed by atoms with Crippen LogP contribution in [0.15, 0.2) is 46.9 Å². The Morgan fingerprint density at radius 1 is 1.23 bits per heavy atom. The van der Waals surface area contributed by atoms with Crippen molar-refractivity contribution < 1.29 is 19.0 Å². The van der Waals surface area contributed by atoms with Gasteiger partial charge in [0.2, 0.25) is 0 Å². The Kier molecular flexibility index (Phi) is 6.52. The largest absolute Gasteiger partial charge is 0.493 e. The van der Waals surface area contributed by atoms with Gasteiger partial charge in [0.1, 0.15) is 18.1 Å². The van der Waals surface area contributed by atoms with Crippen LogP contribution < -0.4 is 14.8 Å². The maximum Gasteiger partial charge on any atom is 0.255 e. The Labute approximate surface area is 161 Å². The molecule has 26 heavy (non-hydrogen) atoms. The molecule has 6 heteroatoms. The Morgan fingerprint density at radius 2 is 2.08 bits per heavy atom.